The van der Waals surface area contributed by atoms with E-state index in [0.29, 0.717) is 10.8 Å². The summed E-state index contributed by atoms with van der Waals surface area (Å²) < 4.78 is 5.55. The van der Waals surface area contributed by atoms with E-state index in [9.17, 15) is 9.59 Å². The first kappa shape index (κ1) is 24.4. The lowest BCUT2D eigenvalue weighted by Gasteiger charge is -2.14. The first-order chi connectivity index (χ1) is 16.0. The van der Waals surface area contributed by atoms with Crippen LogP contribution >= 0.6 is 23.4 Å². The highest BCUT2D eigenvalue weighted by atomic mass is 35.5. The lowest BCUT2D eigenvalue weighted by Crippen LogP contribution is -2.31. The molecule has 3 rings (SSSR count). The van der Waals surface area contributed by atoms with Gasteiger partial charge in [-0.3, -0.25) is 9.59 Å². The maximum atomic E-state index is 12.1. The summed E-state index contributed by atoms with van der Waals surface area (Å²) in [5.41, 5.74) is 4.32. The van der Waals surface area contributed by atoms with E-state index >= 15 is 0 Å². The summed E-state index contributed by atoms with van der Waals surface area (Å²) >= 11 is 7.25. The quantitative estimate of drug-likeness (QED) is 0.247. The van der Waals surface area contributed by atoms with Crippen LogP contribution in [-0.2, 0) is 9.59 Å². The monoisotopic (exact) mass is 481 g/mol. The van der Waals surface area contributed by atoms with Crippen LogP contribution in [0.1, 0.15) is 24.1 Å². The van der Waals surface area contributed by atoms with Crippen LogP contribution in [-0.4, -0.2) is 30.4 Å². The van der Waals surface area contributed by atoms with Crippen LogP contribution < -0.4 is 15.5 Å². The Morgan fingerprint density at radius 3 is 2.39 bits per heavy atom. The van der Waals surface area contributed by atoms with Gasteiger partial charge in [-0.25, -0.2) is 5.43 Å². The van der Waals surface area contributed by atoms with Gasteiger partial charge in [-0.15, -0.1) is 11.8 Å². The van der Waals surface area contributed by atoms with Gasteiger partial charge in [-0.2, -0.15) is 5.10 Å². The predicted octanol–water partition coefficient (Wildman–Crippen LogP) is 4.84. The summed E-state index contributed by atoms with van der Waals surface area (Å²) in [6.07, 6.45) is 1.54. The van der Waals surface area contributed by atoms with E-state index in [0.717, 1.165) is 16.0 Å². The lowest BCUT2D eigenvalue weighted by atomic mass is 10.1. The highest BCUT2D eigenvalue weighted by Crippen LogP contribution is 2.20. The molecule has 2 N–H and O–H groups in total. The SMILES string of the molecule is C[C@@H](NC(=O)COc1ccc(/C=N\NC(=O)CSc2ccc(Cl)cc2)cc1)c1ccccc1. The van der Waals surface area contributed by atoms with Crippen molar-refractivity contribution in [3.05, 3.63) is 95.0 Å². The predicted molar refractivity (Wildman–Crippen MR) is 133 cm³/mol. The van der Waals surface area contributed by atoms with Gasteiger partial charge in [0.15, 0.2) is 6.61 Å². The molecule has 0 aliphatic carbocycles. The van der Waals surface area contributed by atoms with E-state index < -0.39 is 0 Å². The Hall–Kier alpha value is -3.29. The number of carbonyl (C=O) groups is 2. The Balaban J connectivity index is 1.37. The van der Waals surface area contributed by atoms with Crippen LogP contribution in [0.4, 0.5) is 0 Å². The third kappa shape index (κ3) is 8.63. The van der Waals surface area contributed by atoms with Gasteiger partial charge in [-0.1, -0.05) is 41.9 Å². The third-order valence-corrected chi connectivity index (χ3v) is 5.78. The lowest BCUT2D eigenvalue weighted by molar-refractivity contribution is -0.123. The van der Waals surface area contributed by atoms with Gasteiger partial charge in [0.05, 0.1) is 18.0 Å². The molecule has 0 fully saturated rings. The van der Waals surface area contributed by atoms with Crippen LogP contribution in [0.15, 0.2) is 88.9 Å². The van der Waals surface area contributed by atoms with Crippen LogP contribution in [0.25, 0.3) is 0 Å². The Labute approximate surface area is 202 Å². The summed E-state index contributed by atoms with van der Waals surface area (Å²) in [6, 6.07) is 24.0. The normalized spacial score (nSPS) is 11.7. The summed E-state index contributed by atoms with van der Waals surface area (Å²) in [5.74, 6) is 0.410. The van der Waals surface area contributed by atoms with E-state index in [1.165, 1.54) is 11.8 Å². The summed E-state index contributed by atoms with van der Waals surface area (Å²) in [6.45, 7) is 1.85. The number of nitrogens with zero attached hydrogens (tertiary/aromatic N) is 1. The largest absolute Gasteiger partial charge is 0.484 e. The number of hydrogen-bond donors (Lipinski definition) is 2. The zero-order valence-corrected chi connectivity index (χ0v) is 19.6. The van der Waals surface area contributed by atoms with Crippen molar-refractivity contribution in [1.29, 1.82) is 0 Å². The Morgan fingerprint density at radius 2 is 1.70 bits per heavy atom. The van der Waals surface area contributed by atoms with Crippen molar-refractivity contribution < 1.29 is 14.3 Å². The minimum absolute atomic E-state index is 0.0774. The Kier molecular flexibility index (Phi) is 9.35. The molecular formula is C25H24ClN3O3S. The zero-order chi connectivity index (χ0) is 23.5. The van der Waals surface area contributed by atoms with Crippen molar-refractivity contribution in [1.82, 2.24) is 10.7 Å². The second kappa shape index (κ2) is 12.7. The van der Waals surface area contributed by atoms with E-state index in [2.05, 4.69) is 15.8 Å². The molecule has 0 aromatic heterocycles. The first-order valence-electron chi connectivity index (χ1n) is 10.3. The van der Waals surface area contributed by atoms with Crippen molar-refractivity contribution >= 4 is 41.4 Å². The standard InChI is InChI=1S/C25H24ClN3O3S/c1-18(20-5-3-2-4-6-20)28-24(30)16-32-22-11-7-19(8-12-22)15-27-29-25(31)17-33-23-13-9-21(26)10-14-23/h2-15,18H,16-17H2,1H3,(H,28,30)(H,29,31)/b27-15-/t18-/m1/s1. The number of amides is 2. The number of rotatable bonds is 10. The molecule has 1 atom stereocenters. The smallest absolute Gasteiger partial charge is 0.258 e. The molecule has 2 amide bonds. The van der Waals surface area contributed by atoms with Gasteiger partial charge in [0.1, 0.15) is 5.75 Å². The summed E-state index contributed by atoms with van der Waals surface area (Å²) in [7, 11) is 0. The van der Waals surface area contributed by atoms with Crippen molar-refractivity contribution in [2.24, 2.45) is 5.10 Å². The van der Waals surface area contributed by atoms with Gasteiger partial charge in [0, 0.05) is 9.92 Å². The molecule has 0 aliphatic rings. The van der Waals surface area contributed by atoms with Crippen LogP contribution in [0.2, 0.25) is 5.02 Å². The average molecular weight is 482 g/mol. The minimum Gasteiger partial charge on any atom is -0.484 e. The van der Waals surface area contributed by atoms with E-state index in [-0.39, 0.29) is 30.2 Å². The van der Waals surface area contributed by atoms with Crippen molar-refractivity contribution in [2.75, 3.05) is 12.4 Å². The van der Waals surface area contributed by atoms with Crippen molar-refractivity contribution in [2.45, 2.75) is 17.9 Å². The van der Waals surface area contributed by atoms with Gasteiger partial charge >= 0.3 is 0 Å². The molecule has 0 saturated carbocycles. The molecule has 0 spiro atoms. The molecule has 0 radical (unpaired) electrons. The van der Waals surface area contributed by atoms with Gasteiger partial charge in [0.2, 0.25) is 5.91 Å². The zero-order valence-electron chi connectivity index (χ0n) is 18.0. The molecule has 0 saturated heterocycles. The number of ether oxygens (including phenoxy) is 1. The van der Waals surface area contributed by atoms with Gasteiger partial charge in [0.25, 0.3) is 5.91 Å². The van der Waals surface area contributed by atoms with E-state index in [4.69, 9.17) is 16.3 Å². The second-order valence-corrected chi connectivity index (χ2v) is 8.58. The number of benzene rings is 3. The number of hydrogen-bond acceptors (Lipinski definition) is 5. The van der Waals surface area contributed by atoms with Gasteiger partial charge in [-0.05, 0) is 66.6 Å². The van der Waals surface area contributed by atoms with Crippen LogP contribution in [0.3, 0.4) is 0 Å². The average Bonchev–Trinajstić information content (AvgIpc) is 2.84. The molecule has 0 unspecified atom stereocenters. The fraction of sp³-hybridized carbons (Fsp3) is 0.160. The second-order valence-electron chi connectivity index (χ2n) is 7.09. The molecule has 0 heterocycles. The topological polar surface area (TPSA) is 79.8 Å². The molecule has 0 bridgehead atoms. The third-order valence-electron chi connectivity index (χ3n) is 4.51. The highest BCUT2D eigenvalue weighted by Gasteiger charge is 2.09. The number of nitrogens with one attached hydrogen (secondary N) is 2. The fourth-order valence-corrected chi connectivity index (χ4v) is 3.61. The summed E-state index contributed by atoms with van der Waals surface area (Å²) in [5, 5.41) is 7.53. The Bertz CT molecular complexity index is 1070. The maximum Gasteiger partial charge on any atom is 0.258 e. The van der Waals surface area contributed by atoms with E-state index in [1.807, 2.05) is 49.4 Å². The molecule has 0 aliphatic heterocycles. The molecule has 3 aromatic rings. The number of hydrazone groups is 1. The molecule has 33 heavy (non-hydrogen) atoms. The van der Waals surface area contributed by atoms with Gasteiger partial charge < -0.3 is 10.1 Å². The fourth-order valence-electron chi connectivity index (χ4n) is 2.80. The number of halogens is 1. The summed E-state index contributed by atoms with van der Waals surface area (Å²) in [4.78, 5) is 25.0. The maximum absolute atomic E-state index is 12.1. The van der Waals surface area contributed by atoms with E-state index in [1.54, 1.807) is 42.6 Å². The molecule has 170 valence electrons. The van der Waals surface area contributed by atoms with Crippen molar-refractivity contribution in [3.8, 4) is 5.75 Å². The molecule has 8 heteroatoms. The molecule has 6 nitrogen and oxygen atoms in total. The van der Waals surface area contributed by atoms with Crippen LogP contribution in [0.5, 0.6) is 5.75 Å². The first-order valence-corrected chi connectivity index (χ1v) is 11.6. The molecule has 3 aromatic carbocycles. The Morgan fingerprint density at radius 1 is 1.00 bits per heavy atom. The highest BCUT2D eigenvalue weighted by molar-refractivity contribution is 8.00. The number of carbonyl (C=O) groups excluding carboxylic acids is 2. The van der Waals surface area contributed by atoms with Crippen LogP contribution in [0, 0.1) is 0 Å². The number of thioether (sulfide) groups is 1. The minimum atomic E-state index is -0.207. The van der Waals surface area contributed by atoms with Crippen molar-refractivity contribution in [3.63, 3.8) is 0 Å². The molecular weight excluding hydrogens is 458 g/mol.